The van der Waals surface area contributed by atoms with Crippen LogP contribution in [0, 0.1) is 11.3 Å². The summed E-state index contributed by atoms with van der Waals surface area (Å²) in [6.07, 6.45) is 6.72. The van der Waals surface area contributed by atoms with Gasteiger partial charge in [0, 0.05) is 5.37 Å². The summed E-state index contributed by atoms with van der Waals surface area (Å²) in [5, 5.41) is 10.5. The first-order valence-corrected chi connectivity index (χ1v) is 6.77. The summed E-state index contributed by atoms with van der Waals surface area (Å²) in [7, 11) is 0. The minimum Gasteiger partial charge on any atom is -0.197 e. The smallest absolute Gasteiger partial charge is 0.0995 e. The molecule has 0 heterocycles. The Morgan fingerprint density at radius 2 is 1.82 bits per heavy atom. The zero-order valence-electron chi connectivity index (χ0n) is 9.93. The van der Waals surface area contributed by atoms with E-state index in [4.69, 9.17) is 17.5 Å². The van der Waals surface area contributed by atoms with E-state index in [0.717, 1.165) is 11.5 Å². The molecule has 0 saturated heterocycles. The first kappa shape index (κ1) is 12.3. The quantitative estimate of drug-likeness (QED) is 0.737. The third kappa shape index (κ3) is 2.92. The number of hydrogen-bond acceptors (Lipinski definition) is 2. The SMILES string of the molecule is N#CC(C=S)c1ccc(C2CCCCC2)cc1. The van der Waals surface area contributed by atoms with Gasteiger partial charge in [0.25, 0.3) is 0 Å². The summed E-state index contributed by atoms with van der Waals surface area (Å²) in [5.74, 6) is 0.483. The van der Waals surface area contributed by atoms with Gasteiger partial charge in [-0.05, 0) is 29.9 Å². The van der Waals surface area contributed by atoms with E-state index in [1.54, 1.807) is 0 Å². The summed E-state index contributed by atoms with van der Waals surface area (Å²) < 4.78 is 0. The van der Waals surface area contributed by atoms with Crippen LogP contribution in [0.25, 0.3) is 0 Å². The lowest BCUT2D eigenvalue weighted by molar-refractivity contribution is 0.443. The first-order valence-electron chi connectivity index (χ1n) is 6.30. The Labute approximate surface area is 108 Å². The van der Waals surface area contributed by atoms with Gasteiger partial charge in [-0.25, -0.2) is 0 Å². The topological polar surface area (TPSA) is 23.8 Å². The lowest BCUT2D eigenvalue weighted by Gasteiger charge is -2.22. The van der Waals surface area contributed by atoms with Gasteiger partial charge >= 0.3 is 0 Å². The van der Waals surface area contributed by atoms with Gasteiger partial charge < -0.3 is 0 Å². The Bertz CT molecular complexity index is 410. The number of hydrogen-bond donors (Lipinski definition) is 0. The second-order valence-corrected chi connectivity index (χ2v) is 5.02. The van der Waals surface area contributed by atoms with Crippen LogP contribution in [0.3, 0.4) is 0 Å². The molecule has 0 bridgehead atoms. The molecule has 0 spiro atoms. The fourth-order valence-corrected chi connectivity index (χ4v) is 2.81. The van der Waals surface area contributed by atoms with Crippen LogP contribution in [0.15, 0.2) is 24.3 Å². The molecule has 1 unspecified atom stereocenters. The van der Waals surface area contributed by atoms with Crippen molar-refractivity contribution in [3.8, 4) is 6.07 Å². The summed E-state index contributed by atoms with van der Waals surface area (Å²) in [6.45, 7) is 0. The van der Waals surface area contributed by atoms with Crippen LogP contribution in [0.4, 0.5) is 0 Å². The predicted molar refractivity (Wildman–Crippen MR) is 74.3 cm³/mol. The normalized spacial score (nSPS) is 18.3. The minimum atomic E-state index is -0.245. The maximum Gasteiger partial charge on any atom is 0.0995 e. The maximum absolute atomic E-state index is 8.95. The van der Waals surface area contributed by atoms with E-state index in [1.807, 2.05) is 0 Å². The molecule has 1 aliphatic carbocycles. The zero-order chi connectivity index (χ0) is 12.1. The number of benzene rings is 1. The van der Waals surface area contributed by atoms with Gasteiger partial charge in [-0.3, -0.25) is 0 Å². The molecule has 0 N–H and O–H groups in total. The van der Waals surface area contributed by atoms with E-state index in [1.165, 1.54) is 43.0 Å². The van der Waals surface area contributed by atoms with Gasteiger partial charge in [-0.15, -0.1) is 0 Å². The van der Waals surface area contributed by atoms with Crippen LogP contribution in [0.2, 0.25) is 0 Å². The lowest BCUT2D eigenvalue weighted by Crippen LogP contribution is -2.05. The number of nitriles is 1. The molecule has 2 heteroatoms. The van der Waals surface area contributed by atoms with Gasteiger partial charge in [-0.2, -0.15) is 5.26 Å². The van der Waals surface area contributed by atoms with Crippen molar-refractivity contribution in [2.45, 2.75) is 43.9 Å². The standard InChI is InChI=1S/C15H17NS/c16-10-15(11-17)14-8-6-13(7-9-14)12-4-2-1-3-5-12/h6-9,11-12,15H,1-5H2. The zero-order valence-corrected chi connectivity index (χ0v) is 10.7. The summed E-state index contributed by atoms with van der Waals surface area (Å²) in [5.41, 5.74) is 2.44. The Morgan fingerprint density at radius 1 is 1.18 bits per heavy atom. The van der Waals surface area contributed by atoms with Crippen LogP contribution >= 0.6 is 12.2 Å². The van der Waals surface area contributed by atoms with Crippen molar-refractivity contribution in [3.63, 3.8) is 0 Å². The predicted octanol–water partition coefficient (Wildman–Crippen LogP) is 4.34. The molecule has 17 heavy (non-hydrogen) atoms. The Hall–Kier alpha value is -1.20. The molecule has 0 radical (unpaired) electrons. The molecule has 1 fully saturated rings. The molecule has 1 atom stereocenters. The fourth-order valence-electron chi connectivity index (χ4n) is 2.59. The van der Waals surface area contributed by atoms with Gasteiger partial charge in [0.2, 0.25) is 0 Å². The highest BCUT2D eigenvalue weighted by Crippen LogP contribution is 2.32. The van der Waals surface area contributed by atoms with E-state index in [2.05, 4.69) is 30.3 Å². The van der Waals surface area contributed by atoms with E-state index in [0.29, 0.717) is 0 Å². The van der Waals surface area contributed by atoms with E-state index < -0.39 is 0 Å². The number of thiocarbonyl (C=S) groups is 1. The third-order valence-corrected chi connectivity index (χ3v) is 3.92. The van der Waals surface area contributed by atoms with Crippen molar-refractivity contribution >= 4 is 17.6 Å². The van der Waals surface area contributed by atoms with Crippen molar-refractivity contribution < 1.29 is 0 Å². The Kier molecular flexibility index (Phi) is 4.28. The van der Waals surface area contributed by atoms with Crippen LogP contribution in [-0.4, -0.2) is 5.37 Å². The van der Waals surface area contributed by atoms with Gasteiger partial charge in [-0.1, -0.05) is 55.7 Å². The van der Waals surface area contributed by atoms with E-state index >= 15 is 0 Å². The molecule has 1 saturated carbocycles. The van der Waals surface area contributed by atoms with Crippen molar-refractivity contribution in [1.29, 1.82) is 5.26 Å². The molecule has 1 aliphatic rings. The van der Waals surface area contributed by atoms with Crippen molar-refractivity contribution in [2.24, 2.45) is 0 Å². The van der Waals surface area contributed by atoms with Crippen molar-refractivity contribution in [3.05, 3.63) is 35.4 Å². The van der Waals surface area contributed by atoms with Crippen LogP contribution in [0.5, 0.6) is 0 Å². The third-order valence-electron chi connectivity index (χ3n) is 3.65. The number of rotatable bonds is 3. The average molecular weight is 243 g/mol. The molecule has 1 aromatic carbocycles. The first-order chi connectivity index (χ1) is 8.35. The van der Waals surface area contributed by atoms with Crippen molar-refractivity contribution in [1.82, 2.24) is 0 Å². The number of nitrogens with zero attached hydrogens (tertiary/aromatic N) is 1. The molecule has 0 aliphatic heterocycles. The Balaban J connectivity index is 2.12. The molecular formula is C15H17NS. The van der Waals surface area contributed by atoms with Gasteiger partial charge in [0.15, 0.2) is 0 Å². The lowest BCUT2D eigenvalue weighted by atomic mass is 9.83. The van der Waals surface area contributed by atoms with E-state index in [-0.39, 0.29) is 5.92 Å². The minimum absolute atomic E-state index is 0.245. The molecule has 0 amide bonds. The van der Waals surface area contributed by atoms with Crippen LogP contribution in [0.1, 0.15) is 55.1 Å². The monoisotopic (exact) mass is 243 g/mol. The molecular weight excluding hydrogens is 226 g/mol. The Morgan fingerprint density at radius 3 is 2.35 bits per heavy atom. The highest BCUT2D eigenvalue weighted by molar-refractivity contribution is 7.79. The largest absolute Gasteiger partial charge is 0.197 e. The highest BCUT2D eigenvalue weighted by atomic mass is 32.1. The highest BCUT2D eigenvalue weighted by Gasteiger charge is 2.15. The summed E-state index contributed by atoms with van der Waals surface area (Å²) in [4.78, 5) is 0. The van der Waals surface area contributed by atoms with Crippen LogP contribution in [-0.2, 0) is 0 Å². The average Bonchev–Trinajstić information content (AvgIpc) is 2.42. The second-order valence-electron chi connectivity index (χ2n) is 4.74. The van der Waals surface area contributed by atoms with Crippen molar-refractivity contribution in [2.75, 3.05) is 0 Å². The molecule has 88 valence electrons. The van der Waals surface area contributed by atoms with Gasteiger partial charge in [0.05, 0.1) is 12.0 Å². The summed E-state index contributed by atoms with van der Waals surface area (Å²) >= 11 is 4.87. The maximum atomic E-state index is 8.95. The molecule has 0 aromatic heterocycles. The second kappa shape index (κ2) is 5.93. The van der Waals surface area contributed by atoms with Gasteiger partial charge in [0.1, 0.15) is 0 Å². The van der Waals surface area contributed by atoms with Crippen LogP contribution < -0.4 is 0 Å². The molecule has 1 nitrogen and oxygen atoms in total. The molecule has 1 aromatic rings. The fraction of sp³-hybridized carbons (Fsp3) is 0.467. The molecule has 2 rings (SSSR count). The van der Waals surface area contributed by atoms with E-state index in [9.17, 15) is 0 Å². The summed E-state index contributed by atoms with van der Waals surface area (Å²) in [6, 6.07) is 10.7.